The number of carboxylic acid groups (broad SMARTS) is 1. The number of nitrogens with one attached hydrogen (secondary N) is 1. The molecule has 0 saturated heterocycles. The van der Waals surface area contributed by atoms with Gasteiger partial charge in [0.1, 0.15) is 35.8 Å². The molecule has 0 atom stereocenters. The van der Waals surface area contributed by atoms with E-state index in [1.165, 1.54) is 18.2 Å². The van der Waals surface area contributed by atoms with E-state index in [2.05, 4.69) is 5.32 Å². The van der Waals surface area contributed by atoms with Gasteiger partial charge in [-0.1, -0.05) is 24.3 Å². The Kier molecular flexibility index (Phi) is 10.1. The smallest absolute Gasteiger partial charge is 0.336 e. The van der Waals surface area contributed by atoms with Gasteiger partial charge in [0.15, 0.2) is 5.54 Å². The van der Waals surface area contributed by atoms with Crippen LogP contribution in [0.4, 0.5) is 5.69 Å². The lowest BCUT2D eigenvalue weighted by Crippen LogP contribution is -2.47. The van der Waals surface area contributed by atoms with Crippen LogP contribution in [0.1, 0.15) is 76.2 Å². The molecule has 0 radical (unpaired) electrons. The Morgan fingerprint density at radius 1 is 0.797 bits per heavy atom. The quantitative estimate of drug-likeness (QED) is 0.0995. The van der Waals surface area contributed by atoms with E-state index < -0.39 is 54.7 Å². The van der Waals surface area contributed by atoms with Crippen LogP contribution in [0.3, 0.4) is 0 Å². The van der Waals surface area contributed by atoms with Gasteiger partial charge in [0, 0.05) is 66.7 Å². The van der Waals surface area contributed by atoms with Crippen LogP contribution in [0.5, 0.6) is 17.2 Å². The molecule has 16 heteroatoms. The summed E-state index contributed by atoms with van der Waals surface area (Å²) in [6.45, 7) is 7.78. The number of carboxylic acids is 1. The molecule has 3 aliphatic rings. The number of ether oxygens (including phenoxy) is 1. The number of phenolic OH excluding ortho intramolecular Hbond substituents is 1. The topological polar surface area (TPSA) is 211 Å². The van der Waals surface area contributed by atoms with Gasteiger partial charge in [-0.05, 0) is 85.0 Å². The number of aromatic hydroxyl groups is 1. The van der Waals surface area contributed by atoms with Gasteiger partial charge in [-0.25, -0.2) is 9.37 Å². The predicted molar refractivity (Wildman–Crippen MR) is 224 cm³/mol. The first-order valence-electron chi connectivity index (χ1n) is 18.6. The van der Waals surface area contributed by atoms with Crippen LogP contribution < -0.4 is 30.1 Å². The lowest BCUT2D eigenvalue weighted by atomic mass is 9.83. The van der Waals surface area contributed by atoms with E-state index >= 15 is 0 Å². The van der Waals surface area contributed by atoms with Gasteiger partial charge in [0.2, 0.25) is 5.36 Å². The van der Waals surface area contributed by atoms with Gasteiger partial charge in [0.05, 0.1) is 22.7 Å². The summed E-state index contributed by atoms with van der Waals surface area (Å²) in [5.41, 5.74) is 2.30. The number of carbonyl (C=O) groups is 2. The molecule has 308 valence electrons. The maximum atomic E-state index is 13.4. The van der Waals surface area contributed by atoms with Gasteiger partial charge in [-0.15, -0.1) is 0 Å². The number of benzene rings is 4. The van der Waals surface area contributed by atoms with Crippen molar-refractivity contribution in [2.75, 3.05) is 37.0 Å². The predicted octanol–water partition coefficient (Wildman–Crippen LogP) is 4.10. The molecule has 0 aromatic heterocycles. The van der Waals surface area contributed by atoms with Crippen molar-refractivity contribution in [1.29, 1.82) is 0 Å². The van der Waals surface area contributed by atoms with Gasteiger partial charge >= 0.3 is 5.97 Å². The zero-order chi connectivity index (χ0) is 43.0. The molecule has 14 nitrogen and oxygen atoms in total. The fourth-order valence-electron chi connectivity index (χ4n) is 7.94. The highest BCUT2D eigenvalue weighted by atomic mass is 32.2. The summed E-state index contributed by atoms with van der Waals surface area (Å²) >= 11 is 0. The Hall–Kier alpha value is -5.81. The number of fused-ring (bicyclic) bond motifs is 4. The van der Waals surface area contributed by atoms with Crippen molar-refractivity contribution in [3.63, 3.8) is 0 Å². The molecule has 4 aromatic rings. The molecule has 0 spiro atoms. The average Bonchev–Trinajstić information content (AvgIpc) is 3.13. The Morgan fingerprint density at radius 2 is 1.44 bits per heavy atom. The molecule has 59 heavy (non-hydrogen) atoms. The fraction of sp³-hybridized carbons (Fsp3) is 0.279. The molecule has 4 aromatic carbocycles. The maximum absolute atomic E-state index is 13.4. The van der Waals surface area contributed by atoms with Crippen LogP contribution in [0, 0.1) is 0 Å². The number of carbonyl (C=O) groups excluding carboxylic acids is 1. The first kappa shape index (κ1) is 41.4. The molecule has 5 N–H and O–H groups in total. The summed E-state index contributed by atoms with van der Waals surface area (Å²) in [6, 6.07) is 17.7. The molecule has 0 aliphatic carbocycles. The first-order chi connectivity index (χ1) is 27.4. The Morgan fingerprint density at radius 3 is 2.07 bits per heavy atom. The summed E-state index contributed by atoms with van der Waals surface area (Å²) in [7, 11) is -5.34. The monoisotopic (exact) mass is 842 g/mol. The van der Waals surface area contributed by atoms with Gasteiger partial charge < -0.3 is 25.2 Å². The van der Waals surface area contributed by atoms with E-state index in [0.29, 0.717) is 67.6 Å². The van der Waals surface area contributed by atoms with Crippen LogP contribution in [-0.4, -0.2) is 91.3 Å². The van der Waals surface area contributed by atoms with Crippen molar-refractivity contribution in [2.24, 2.45) is 0 Å². The van der Waals surface area contributed by atoms with Gasteiger partial charge in [0.25, 0.3) is 26.1 Å². The first-order valence-corrected chi connectivity index (χ1v) is 21.8. The lowest BCUT2D eigenvalue weighted by Gasteiger charge is -2.41. The molecule has 1 amide bonds. The molecule has 3 heterocycles. The molecule has 0 fully saturated rings. The number of likely N-dealkylation sites (N-methyl/N-ethyl adjacent to an activating group) is 2. The van der Waals surface area contributed by atoms with E-state index in [4.69, 9.17) is 4.74 Å². The third-order valence-electron chi connectivity index (χ3n) is 11.2. The summed E-state index contributed by atoms with van der Waals surface area (Å²) in [6.07, 6.45) is 3.94. The highest BCUT2D eigenvalue weighted by Crippen LogP contribution is 2.46. The molecule has 0 unspecified atom stereocenters. The second kappa shape index (κ2) is 14.5. The standard InChI is InChI=1S/C43H43N3O11S2/c1-42(2)20-26(22-58(51,52)53)30-16-33-37(18-35(30)45(42)5)57-38-19-36-31(27(23-59(54,55)56)21-43(3,4)46(36)6)17-34(38)39(33)29-12-9-25(15-32(29)41(49)50)40(48)44-14-13-24-7-10-28(47)11-8-24/h7-12,15-21H,13-14,22-23H2,1-6H3,(H4-,44,47,48,49,50,51,52,53,54,55,56)/p+1. The average molecular weight is 843 g/mol. The molecule has 0 saturated carbocycles. The Labute approximate surface area is 341 Å². The minimum atomic E-state index is -4.50. The number of phenols is 1. The Balaban J connectivity index is 1.48. The number of hydrogen-bond acceptors (Lipinski definition) is 9. The number of hydrogen-bond donors (Lipinski definition) is 5. The molecular weight excluding hydrogens is 799 g/mol. The van der Waals surface area contributed by atoms with Crippen molar-refractivity contribution in [3.8, 4) is 17.2 Å². The summed E-state index contributed by atoms with van der Waals surface area (Å²) in [4.78, 5) is 28.5. The molecule has 3 aliphatic heterocycles. The van der Waals surface area contributed by atoms with E-state index in [9.17, 15) is 45.7 Å². The fourth-order valence-corrected chi connectivity index (χ4v) is 9.20. The van der Waals surface area contributed by atoms with E-state index in [0.717, 1.165) is 5.56 Å². The number of nitrogens with zero attached hydrogens (tertiary/aromatic N) is 2. The minimum absolute atomic E-state index is 0.0744. The van der Waals surface area contributed by atoms with Crippen LogP contribution >= 0.6 is 0 Å². The maximum Gasteiger partial charge on any atom is 0.336 e. The zero-order valence-corrected chi connectivity index (χ0v) is 34.8. The Bertz CT molecular complexity index is 2910. The summed E-state index contributed by atoms with van der Waals surface area (Å²) in [5, 5.41) is 24.1. The van der Waals surface area contributed by atoms with E-state index in [-0.39, 0.29) is 29.0 Å². The van der Waals surface area contributed by atoms with Crippen molar-refractivity contribution in [1.82, 2.24) is 9.89 Å². The molecule has 7 rings (SSSR count). The number of aromatic carboxylic acids is 1. The second-order valence-corrected chi connectivity index (χ2v) is 19.1. The molecular formula is C43H44N3O11S2+. The number of anilines is 1. The van der Waals surface area contributed by atoms with E-state index in [1.54, 1.807) is 60.7 Å². The largest absolute Gasteiger partial charge is 0.508 e. The lowest BCUT2D eigenvalue weighted by molar-refractivity contribution is 0.0696. The summed E-state index contributed by atoms with van der Waals surface area (Å²) < 4.78 is 77.9. The third kappa shape index (κ3) is 8.13. The third-order valence-corrected chi connectivity index (χ3v) is 12.6. The van der Waals surface area contributed by atoms with Crippen LogP contribution in [0.25, 0.3) is 16.7 Å². The van der Waals surface area contributed by atoms with Crippen LogP contribution in [-0.2, 0) is 26.7 Å². The van der Waals surface area contributed by atoms with Crippen molar-refractivity contribution >= 4 is 54.5 Å². The van der Waals surface area contributed by atoms with E-state index in [1.807, 2.05) is 51.3 Å². The van der Waals surface area contributed by atoms with Crippen LogP contribution in [0.2, 0.25) is 0 Å². The highest BCUT2D eigenvalue weighted by Gasteiger charge is 2.37. The van der Waals surface area contributed by atoms with Crippen molar-refractivity contribution in [2.45, 2.75) is 45.2 Å². The minimum Gasteiger partial charge on any atom is -0.508 e. The molecule has 0 bridgehead atoms. The zero-order valence-electron chi connectivity index (χ0n) is 33.2. The van der Waals surface area contributed by atoms with Crippen molar-refractivity contribution in [3.05, 3.63) is 128 Å². The van der Waals surface area contributed by atoms with Crippen LogP contribution in [0.15, 0.2) is 78.9 Å². The normalized spacial score (nSPS) is 16.4. The van der Waals surface area contributed by atoms with Gasteiger partial charge in [-0.2, -0.15) is 16.8 Å². The number of rotatable bonds is 10. The van der Waals surface area contributed by atoms with Crippen molar-refractivity contribution < 1.29 is 50.5 Å². The summed E-state index contributed by atoms with van der Waals surface area (Å²) in [5.74, 6) is -2.53. The number of amides is 1. The SMILES string of the molecule is CN1c2cc3c(cc2C(CS(=O)(=O)O)=CC1(C)C)C(c1ccc(C(=O)NCCc2ccc(O)cc2)cc1C(=O)O)=c1cc2c(cc1O3)=[N+](C)C(C)(C)C=C2CS(=O)(=O)O. The highest BCUT2D eigenvalue weighted by molar-refractivity contribution is 7.86. The second-order valence-electron chi connectivity index (χ2n) is 16.2. The van der Waals surface area contributed by atoms with Gasteiger partial charge in [-0.3, -0.25) is 13.9 Å².